The third kappa shape index (κ3) is 0.942. The lowest BCUT2D eigenvalue weighted by Crippen LogP contribution is -1.78. The summed E-state index contributed by atoms with van der Waals surface area (Å²) in [6.45, 7) is 0. The van der Waals surface area contributed by atoms with Crippen molar-refractivity contribution in [3.63, 3.8) is 0 Å². The molecule has 0 fully saturated rings. The molecule has 0 aliphatic heterocycles. The Balaban J connectivity index is 2.26. The van der Waals surface area contributed by atoms with Crippen LogP contribution in [0.4, 0.5) is 0 Å². The second-order valence-electron chi connectivity index (χ2n) is 2.93. The zero-order chi connectivity index (χ0) is 6.81. The SMILES string of the molecule is C1=C/C(=C2\C=CCC2)CC1. The number of rotatable bonds is 0. The minimum atomic E-state index is 1.26. The van der Waals surface area contributed by atoms with Gasteiger partial charge in [-0.05, 0) is 36.8 Å². The van der Waals surface area contributed by atoms with E-state index in [1.54, 1.807) is 11.1 Å². The van der Waals surface area contributed by atoms with Crippen LogP contribution in [0.15, 0.2) is 35.5 Å². The Morgan fingerprint density at radius 2 is 1.30 bits per heavy atom. The normalized spacial score (nSPS) is 30.4. The molecule has 0 amide bonds. The van der Waals surface area contributed by atoms with E-state index in [4.69, 9.17) is 0 Å². The molecular formula is C10H12. The van der Waals surface area contributed by atoms with Gasteiger partial charge in [-0.3, -0.25) is 0 Å². The lowest BCUT2D eigenvalue weighted by molar-refractivity contribution is 0.997. The maximum absolute atomic E-state index is 2.28. The smallest absolute Gasteiger partial charge is 0.0241 e. The Bertz CT molecular complexity index is 192. The summed E-state index contributed by atoms with van der Waals surface area (Å²) in [5.41, 5.74) is 3.16. The highest BCUT2D eigenvalue weighted by atomic mass is 14.1. The second kappa shape index (κ2) is 2.45. The van der Waals surface area contributed by atoms with E-state index in [0.29, 0.717) is 0 Å². The van der Waals surface area contributed by atoms with Crippen LogP contribution in [0.3, 0.4) is 0 Å². The third-order valence-corrected chi connectivity index (χ3v) is 2.21. The average molecular weight is 132 g/mol. The number of hydrogen-bond donors (Lipinski definition) is 0. The van der Waals surface area contributed by atoms with Crippen molar-refractivity contribution in [2.45, 2.75) is 25.7 Å². The van der Waals surface area contributed by atoms with E-state index < -0.39 is 0 Å². The van der Waals surface area contributed by atoms with Crippen LogP contribution in [-0.2, 0) is 0 Å². The zero-order valence-electron chi connectivity index (χ0n) is 6.14. The molecule has 52 valence electrons. The Morgan fingerprint density at radius 1 is 0.800 bits per heavy atom. The molecular weight excluding hydrogens is 120 g/mol. The molecule has 0 unspecified atom stereocenters. The van der Waals surface area contributed by atoms with Gasteiger partial charge < -0.3 is 0 Å². The summed E-state index contributed by atoms with van der Waals surface area (Å²) in [4.78, 5) is 0. The van der Waals surface area contributed by atoms with Gasteiger partial charge in [-0.15, -0.1) is 0 Å². The molecule has 0 radical (unpaired) electrons. The van der Waals surface area contributed by atoms with Crippen molar-refractivity contribution >= 4 is 0 Å². The molecule has 0 saturated carbocycles. The van der Waals surface area contributed by atoms with Gasteiger partial charge in [0, 0.05) is 0 Å². The van der Waals surface area contributed by atoms with Crippen LogP contribution >= 0.6 is 0 Å². The largest absolute Gasteiger partial charge is 0.0839 e. The van der Waals surface area contributed by atoms with Gasteiger partial charge in [-0.25, -0.2) is 0 Å². The molecule has 2 aliphatic carbocycles. The van der Waals surface area contributed by atoms with Gasteiger partial charge in [0.25, 0.3) is 0 Å². The molecule has 0 aromatic heterocycles. The highest BCUT2D eigenvalue weighted by molar-refractivity contribution is 5.38. The molecule has 0 spiro atoms. The maximum Gasteiger partial charge on any atom is -0.0241 e. The van der Waals surface area contributed by atoms with Crippen molar-refractivity contribution in [2.24, 2.45) is 0 Å². The van der Waals surface area contributed by atoms with Crippen molar-refractivity contribution in [2.75, 3.05) is 0 Å². The molecule has 0 aromatic carbocycles. The van der Waals surface area contributed by atoms with Crippen molar-refractivity contribution in [3.8, 4) is 0 Å². The summed E-state index contributed by atoms with van der Waals surface area (Å²) in [5, 5.41) is 0. The van der Waals surface area contributed by atoms with E-state index in [1.165, 1.54) is 25.7 Å². The van der Waals surface area contributed by atoms with Crippen molar-refractivity contribution in [3.05, 3.63) is 35.5 Å². The fourth-order valence-corrected chi connectivity index (χ4v) is 1.63. The third-order valence-electron chi connectivity index (χ3n) is 2.21. The average Bonchev–Trinajstić information content (AvgIpc) is 2.59. The zero-order valence-corrected chi connectivity index (χ0v) is 6.14. The lowest BCUT2D eigenvalue weighted by atomic mass is 10.1. The van der Waals surface area contributed by atoms with Crippen molar-refractivity contribution in [1.29, 1.82) is 0 Å². The first kappa shape index (κ1) is 5.96. The minimum absolute atomic E-state index is 1.26. The van der Waals surface area contributed by atoms with E-state index in [2.05, 4.69) is 24.3 Å². The predicted molar refractivity (Wildman–Crippen MR) is 43.8 cm³/mol. The molecule has 0 saturated heterocycles. The summed E-state index contributed by atoms with van der Waals surface area (Å²) in [6, 6.07) is 0. The molecule has 2 aliphatic rings. The van der Waals surface area contributed by atoms with Crippen LogP contribution in [0.1, 0.15) is 25.7 Å². The Kier molecular flexibility index (Phi) is 1.46. The Morgan fingerprint density at radius 3 is 1.60 bits per heavy atom. The Labute approximate surface area is 61.9 Å². The van der Waals surface area contributed by atoms with E-state index in [-0.39, 0.29) is 0 Å². The maximum atomic E-state index is 2.28. The van der Waals surface area contributed by atoms with Gasteiger partial charge in [0.2, 0.25) is 0 Å². The summed E-state index contributed by atoms with van der Waals surface area (Å²) in [6.07, 6.45) is 14.2. The first-order valence-electron chi connectivity index (χ1n) is 4.02. The van der Waals surface area contributed by atoms with E-state index >= 15 is 0 Å². The lowest BCUT2D eigenvalue weighted by Gasteiger charge is -1.97. The van der Waals surface area contributed by atoms with Gasteiger partial charge in [0.15, 0.2) is 0 Å². The highest BCUT2D eigenvalue weighted by Crippen LogP contribution is 2.26. The Hall–Kier alpha value is -0.780. The predicted octanol–water partition coefficient (Wildman–Crippen LogP) is 2.98. The van der Waals surface area contributed by atoms with Gasteiger partial charge in [0.05, 0.1) is 0 Å². The molecule has 0 nitrogen and oxygen atoms in total. The van der Waals surface area contributed by atoms with Crippen LogP contribution in [0.5, 0.6) is 0 Å². The fraction of sp³-hybridized carbons (Fsp3) is 0.400. The summed E-state index contributed by atoms with van der Waals surface area (Å²) in [7, 11) is 0. The molecule has 0 aromatic rings. The summed E-state index contributed by atoms with van der Waals surface area (Å²) >= 11 is 0. The highest BCUT2D eigenvalue weighted by Gasteiger charge is 2.07. The first-order chi connectivity index (χ1) is 4.97. The molecule has 0 atom stereocenters. The molecule has 0 N–H and O–H groups in total. The van der Waals surface area contributed by atoms with E-state index in [1.807, 2.05) is 0 Å². The first-order valence-corrected chi connectivity index (χ1v) is 4.02. The molecule has 2 rings (SSSR count). The summed E-state index contributed by atoms with van der Waals surface area (Å²) in [5.74, 6) is 0. The fourth-order valence-electron chi connectivity index (χ4n) is 1.63. The number of allylic oxidation sites excluding steroid dienone is 6. The van der Waals surface area contributed by atoms with Crippen molar-refractivity contribution < 1.29 is 0 Å². The van der Waals surface area contributed by atoms with E-state index in [0.717, 1.165) is 0 Å². The van der Waals surface area contributed by atoms with Gasteiger partial charge >= 0.3 is 0 Å². The van der Waals surface area contributed by atoms with E-state index in [9.17, 15) is 0 Å². The van der Waals surface area contributed by atoms with Gasteiger partial charge in [-0.1, -0.05) is 24.3 Å². The molecule has 0 bridgehead atoms. The van der Waals surface area contributed by atoms with Crippen LogP contribution in [0.25, 0.3) is 0 Å². The quantitative estimate of drug-likeness (QED) is 0.475. The van der Waals surface area contributed by atoms with Crippen LogP contribution in [-0.4, -0.2) is 0 Å². The van der Waals surface area contributed by atoms with Gasteiger partial charge in [-0.2, -0.15) is 0 Å². The van der Waals surface area contributed by atoms with Crippen LogP contribution in [0, 0.1) is 0 Å². The topological polar surface area (TPSA) is 0 Å². The molecule has 0 heteroatoms. The monoisotopic (exact) mass is 132 g/mol. The van der Waals surface area contributed by atoms with Crippen LogP contribution < -0.4 is 0 Å². The minimum Gasteiger partial charge on any atom is -0.0839 e. The number of hydrogen-bond acceptors (Lipinski definition) is 0. The molecule has 0 heterocycles. The summed E-state index contributed by atoms with van der Waals surface area (Å²) < 4.78 is 0. The second-order valence-corrected chi connectivity index (χ2v) is 2.93. The van der Waals surface area contributed by atoms with Crippen molar-refractivity contribution in [1.82, 2.24) is 0 Å². The molecule has 10 heavy (non-hydrogen) atoms. The van der Waals surface area contributed by atoms with Crippen LogP contribution in [0.2, 0.25) is 0 Å². The van der Waals surface area contributed by atoms with Gasteiger partial charge in [0.1, 0.15) is 0 Å². The standard InChI is InChI=1S/C10H12/c1-2-6-9(5-1)10-7-3-4-8-10/h1,3,5,7H,2,4,6,8H2/b10-9-.